The lowest BCUT2D eigenvalue weighted by molar-refractivity contribution is -0.139. The first kappa shape index (κ1) is 24.4. The van der Waals surface area contributed by atoms with E-state index in [1.165, 1.54) is 19.1 Å². The zero-order valence-corrected chi connectivity index (χ0v) is 17.3. The van der Waals surface area contributed by atoms with E-state index >= 15 is 0 Å². The number of nitrogens with one attached hydrogen (secondary N) is 1. The molecule has 1 fully saturated rings. The monoisotopic (exact) mass is 435 g/mol. The van der Waals surface area contributed by atoms with Gasteiger partial charge >= 0.3 is 6.18 Å². The second-order valence-corrected chi connectivity index (χ2v) is 7.61. The molecule has 0 radical (unpaired) electrons. The molecule has 1 aliphatic rings. The number of ether oxygens (including phenoxy) is 3. The molecule has 0 bridgehead atoms. The van der Waals surface area contributed by atoms with E-state index in [9.17, 15) is 22.4 Å². The maximum Gasteiger partial charge on any atom is 0.392 e. The number of carbonyl (C=O) groups is 1. The van der Waals surface area contributed by atoms with Crippen LogP contribution in [-0.4, -0.2) is 43.5 Å². The molecule has 1 N–H and O–H groups in total. The highest BCUT2D eigenvalue weighted by atomic mass is 19.4. The van der Waals surface area contributed by atoms with Gasteiger partial charge in [-0.1, -0.05) is 6.07 Å². The van der Waals surface area contributed by atoms with Crippen LogP contribution >= 0.6 is 0 Å². The number of rotatable bonds is 10. The third-order valence-electron chi connectivity index (χ3n) is 4.81. The summed E-state index contributed by atoms with van der Waals surface area (Å²) < 4.78 is 67.1. The number of hydrogen-bond donors (Lipinski definition) is 1. The molecule has 0 spiro atoms. The molecule has 0 unspecified atom stereocenters. The fourth-order valence-corrected chi connectivity index (χ4v) is 3.26. The van der Waals surface area contributed by atoms with Crippen LogP contribution < -0.4 is 10.1 Å². The van der Waals surface area contributed by atoms with Gasteiger partial charge in [0, 0.05) is 24.6 Å². The van der Waals surface area contributed by atoms with Crippen molar-refractivity contribution in [2.75, 3.05) is 13.2 Å². The lowest BCUT2D eigenvalue weighted by Gasteiger charge is -2.29. The summed E-state index contributed by atoms with van der Waals surface area (Å²) in [6.45, 7) is 3.35. The molecule has 30 heavy (non-hydrogen) atoms. The van der Waals surface area contributed by atoms with Crippen LogP contribution in [0.5, 0.6) is 5.75 Å². The molecule has 2 rings (SSSR count). The fraction of sp³-hybridized carbons (Fsp3) is 0.667. The van der Waals surface area contributed by atoms with Crippen molar-refractivity contribution in [1.29, 1.82) is 0 Å². The highest BCUT2D eigenvalue weighted by Gasteiger charge is 2.27. The molecular weight excluding hydrogens is 406 g/mol. The lowest BCUT2D eigenvalue weighted by atomic mass is 9.95. The van der Waals surface area contributed by atoms with E-state index in [2.05, 4.69) is 5.32 Å². The van der Waals surface area contributed by atoms with Crippen LogP contribution in [-0.2, 0) is 20.9 Å². The first-order valence-electron chi connectivity index (χ1n) is 10.1. The molecule has 9 heteroatoms. The molecule has 5 nitrogen and oxygen atoms in total. The Labute approximate surface area is 174 Å². The maximum absolute atomic E-state index is 14.2. The van der Waals surface area contributed by atoms with Crippen molar-refractivity contribution >= 4 is 5.91 Å². The summed E-state index contributed by atoms with van der Waals surface area (Å²) in [5.74, 6) is -0.591. The van der Waals surface area contributed by atoms with Gasteiger partial charge < -0.3 is 19.5 Å². The molecule has 0 heterocycles. The second kappa shape index (κ2) is 11.5. The van der Waals surface area contributed by atoms with Crippen molar-refractivity contribution in [2.24, 2.45) is 0 Å². The highest BCUT2D eigenvalue weighted by Crippen LogP contribution is 2.26. The Morgan fingerprint density at radius 1 is 1.17 bits per heavy atom. The summed E-state index contributed by atoms with van der Waals surface area (Å²) in [5.41, 5.74) is 0.334. The minimum Gasteiger partial charge on any atom is -0.493 e. The number of halogens is 4. The molecule has 0 aliphatic heterocycles. The van der Waals surface area contributed by atoms with Crippen LogP contribution in [0.3, 0.4) is 0 Å². The zero-order chi connectivity index (χ0) is 22.1. The summed E-state index contributed by atoms with van der Waals surface area (Å²) in [5, 5.41) is 2.77. The minimum absolute atomic E-state index is 0.000250. The predicted octanol–water partition coefficient (Wildman–Crippen LogP) is 4.53. The fourth-order valence-electron chi connectivity index (χ4n) is 3.26. The average Bonchev–Trinajstić information content (AvgIpc) is 2.65. The Balaban J connectivity index is 1.68. The van der Waals surface area contributed by atoms with E-state index in [-0.39, 0.29) is 36.5 Å². The smallest absolute Gasteiger partial charge is 0.392 e. The van der Waals surface area contributed by atoms with Crippen molar-refractivity contribution in [3.05, 3.63) is 29.6 Å². The van der Waals surface area contributed by atoms with E-state index in [4.69, 9.17) is 14.2 Å². The van der Waals surface area contributed by atoms with Crippen molar-refractivity contribution in [1.82, 2.24) is 5.32 Å². The van der Waals surface area contributed by atoms with E-state index in [1.807, 2.05) is 6.92 Å². The van der Waals surface area contributed by atoms with Gasteiger partial charge in [-0.25, -0.2) is 4.39 Å². The molecule has 1 saturated carbocycles. The topological polar surface area (TPSA) is 56.8 Å². The standard InChI is InChI=1S/C21H29F4NO4/c1-14(26-15(2)27)12-29-17-5-7-18(8-6-17)30-13-16-3-4-19(11-20(16)22)28-10-9-21(23,24)25/h3-4,11,14,17-18H,5-10,12-13H2,1-2H3,(H,26,27)/t14-,17?,18?/m0/s1. The molecule has 170 valence electrons. The molecular formula is C21H29F4NO4. The molecule has 1 aromatic rings. The number of carbonyl (C=O) groups excluding carboxylic acids is 1. The molecule has 1 atom stereocenters. The molecule has 0 aromatic heterocycles. The van der Waals surface area contributed by atoms with Gasteiger partial charge in [-0.15, -0.1) is 0 Å². The SMILES string of the molecule is CC(=O)N[C@@H](C)COC1CCC(OCc2ccc(OCCC(F)(F)F)cc2F)CC1. The summed E-state index contributed by atoms with van der Waals surface area (Å²) >= 11 is 0. The first-order chi connectivity index (χ1) is 14.1. The molecule has 1 amide bonds. The Bertz CT molecular complexity index is 675. The maximum atomic E-state index is 14.2. The van der Waals surface area contributed by atoms with Crippen molar-refractivity contribution in [3.63, 3.8) is 0 Å². The van der Waals surface area contributed by atoms with Gasteiger partial charge in [-0.3, -0.25) is 4.79 Å². The Hall–Kier alpha value is -1.87. The van der Waals surface area contributed by atoms with Crippen LogP contribution in [0.15, 0.2) is 18.2 Å². The Morgan fingerprint density at radius 3 is 2.37 bits per heavy atom. The van der Waals surface area contributed by atoms with E-state index in [0.717, 1.165) is 31.7 Å². The number of alkyl halides is 3. The molecule has 1 aromatic carbocycles. The lowest BCUT2D eigenvalue weighted by Crippen LogP contribution is -2.36. The Morgan fingerprint density at radius 2 is 1.80 bits per heavy atom. The van der Waals surface area contributed by atoms with Gasteiger partial charge in [0.1, 0.15) is 11.6 Å². The summed E-state index contributed by atoms with van der Waals surface area (Å²) in [6, 6.07) is 3.95. The largest absolute Gasteiger partial charge is 0.493 e. The van der Waals surface area contributed by atoms with E-state index in [1.54, 1.807) is 0 Å². The van der Waals surface area contributed by atoms with Gasteiger partial charge in [0.05, 0.1) is 38.4 Å². The average molecular weight is 435 g/mol. The van der Waals surface area contributed by atoms with Crippen LogP contribution in [0.4, 0.5) is 17.6 Å². The van der Waals surface area contributed by atoms with Crippen molar-refractivity contribution in [3.8, 4) is 5.75 Å². The zero-order valence-electron chi connectivity index (χ0n) is 17.3. The van der Waals surface area contributed by atoms with E-state index < -0.39 is 25.0 Å². The Kier molecular flexibility index (Phi) is 9.36. The second-order valence-electron chi connectivity index (χ2n) is 7.61. The summed E-state index contributed by atoms with van der Waals surface area (Å²) in [4.78, 5) is 11.0. The third-order valence-corrected chi connectivity index (χ3v) is 4.81. The summed E-state index contributed by atoms with van der Waals surface area (Å²) in [6.07, 6.45) is -2.04. The first-order valence-corrected chi connectivity index (χ1v) is 10.1. The van der Waals surface area contributed by atoms with E-state index in [0.29, 0.717) is 12.2 Å². The van der Waals surface area contributed by atoms with Crippen LogP contribution in [0.1, 0.15) is 51.5 Å². The highest BCUT2D eigenvalue weighted by molar-refractivity contribution is 5.73. The quantitative estimate of drug-likeness (QED) is 0.549. The van der Waals surface area contributed by atoms with Gasteiger partial charge in [-0.2, -0.15) is 13.2 Å². The van der Waals surface area contributed by atoms with Crippen molar-refractivity contribution < 1.29 is 36.6 Å². The predicted molar refractivity (Wildman–Crippen MR) is 103 cm³/mol. The summed E-state index contributed by atoms with van der Waals surface area (Å²) in [7, 11) is 0. The molecule has 1 aliphatic carbocycles. The van der Waals surface area contributed by atoms with Gasteiger partial charge in [0.15, 0.2) is 0 Å². The number of amides is 1. The van der Waals surface area contributed by atoms with Crippen molar-refractivity contribution in [2.45, 2.75) is 77.0 Å². The number of benzene rings is 1. The van der Waals surface area contributed by atoms with Gasteiger partial charge in [-0.05, 0) is 38.7 Å². The minimum atomic E-state index is -4.31. The number of hydrogen-bond acceptors (Lipinski definition) is 4. The normalized spacial score (nSPS) is 20.6. The van der Waals surface area contributed by atoms with Crippen LogP contribution in [0, 0.1) is 5.82 Å². The van der Waals surface area contributed by atoms with Crippen LogP contribution in [0.25, 0.3) is 0 Å². The van der Waals surface area contributed by atoms with Gasteiger partial charge in [0.25, 0.3) is 0 Å². The van der Waals surface area contributed by atoms with Gasteiger partial charge in [0.2, 0.25) is 5.91 Å². The molecule has 0 saturated heterocycles. The van der Waals surface area contributed by atoms with Crippen LogP contribution in [0.2, 0.25) is 0 Å². The third kappa shape index (κ3) is 9.30.